The van der Waals surface area contributed by atoms with Crippen molar-refractivity contribution in [3.63, 3.8) is 0 Å². The first-order valence-corrected chi connectivity index (χ1v) is 19.8. The summed E-state index contributed by atoms with van der Waals surface area (Å²) in [5.41, 5.74) is 0. The van der Waals surface area contributed by atoms with E-state index < -0.39 is 26.4 Å². The zero-order valence-electron chi connectivity index (χ0n) is 16.7. The zero-order valence-corrected chi connectivity index (χ0v) is 23.4. The summed E-state index contributed by atoms with van der Waals surface area (Å²) in [5.74, 6) is -3.16. The van der Waals surface area contributed by atoms with E-state index >= 15 is 0 Å². The van der Waals surface area contributed by atoms with Gasteiger partial charge in [0, 0.05) is 15.9 Å². The fraction of sp³-hybridized carbons (Fsp3) is 0.0526. The Bertz CT molecular complexity index is 1240. The summed E-state index contributed by atoms with van der Waals surface area (Å²) in [6, 6.07) is 30.2. The van der Waals surface area contributed by atoms with Crippen molar-refractivity contribution in [3.05, 3.63) is 91.0 Å². The van der Waals surface area contributed by atoms with Crippen LogP contribution in [0.3, 0.4) is 0 Å². The Balaban J connectivity index is 2.21. The molecule has 1 aliphatic heterocycles. The normalized spacial score (nSPS) is 24.5. The van der Waals surface area contributed by atoms with Crippen LogP contribution in [0.15, 0.2) is 109 Å². The number of rotatable bonds is 5. The standard InChI is InChI=1S/C19H19Cl4N5P4/c1-24-31(22)26-30(20,21)27-32(23,28-31)25-29(17-11-5-2-6-12-17,18-13-7-3-8-14-18)19-15-9-4-10-16-19/h2-16,24H,1H3/t31-,32-/m0/s1. The van der Waals surface area contributed by atoms with Gasteiger partial charge < -0.3 is 0 Å². The van der Waals surface area contributed by atoms with Gasteiger partial charge in [-0.1, -0.05) is 91.0 Å². The highest BCUT2D eigenvalue weighted by molar-refractivity contribution is 8.18. The molecule has 0 aliphatic carbocycles. The number of nitrogens with one attached hydrogen (secondary N) is 1. The van der Waals surface area contributed by atoms with E-state index in [-0.39, 0.29) is 0 Å². The van der Waals surface area contributed by atoms with E-state index in [1.54, 1.807) is 7.05 Å². The largest absolute Gasteiger partial charge is 0.282 e. The molecule has 0 aromatic heterocycles. The van der Waals surface area contributed by atoms with E-state index in [1.807, 2.05) is 54.6 Å². The van der Waals surface area contributed by atoms with Crippen molar-refractivity contribution in [1.82, 2.24) is 5.09 Å². The fourth-order valence-electron chi connectivity index (χ4n) is 3.31. The lowest BCUT2D eigenvalue weighted by Gasteiger charge is -2.30. The molecule has 32 heavy (non-hydrogen) atoms. The average molecular weight is 583 g/mol. The monoisotopic (exact) mass is 581 g/mol. The molecule has 1 aliphatic rings. The van der Waals surface area contributed by atoms with Gasteiger partial charge in [-0.3, -0.25) is 5.09 Å². The molecule has 3 aromatic carbocycles. The minimum Gasteiger partial charge on any atom is -0.256 e. The van der Waals surface area contributed by atoms with Crippen molar-refractivity contribution in [1.29, 1.82) is 0 Å². The molecule has 2 atom stereocenters. The van der Waals surface area contributed by atoms with Crippen molar-refractivity contribution >= 4 is 87.3 Å². The number of hydrogen-bond donors (Lipinski definition) is 1. The van der Waals surface area contributed by atoms with Gasteiger partial charge in [0.05, 0.1) is 7.05 Å². The third-order valence-corrected chi connectivity index (χ3v) is 21.7. The number of hydrogen-bond acceptors (Lipinski definition) is 5. The minimum atomic E-state index is -3.30. The Kier molecular flexibility index (Phi) is 7.56. The SMILES string of the molecule is CN[P@]1(Cl)=N[P@@](Cl)(N=P(c2ccccc2)(c2ccccc2)c2ccccc2)=NP(Cl)(Cl)=N1. The van der Waals surface area contributed by atoms with Crippen LogP contribution >= 0.6 is 71.3 Å². The van der Waals surface area contributed by atoms with Crippen molar-refractivity contribution < 1.29 is 0 Å². The van der Waals surface area contributed by atoms with Gasteiger partial charge in [0.15, 0.2) is 0 Å². The molecule has 0 saturated heterocycles. The Labute approximate surface area is 207 Å². The molecule has 5 nitrogen and oxygen atoms in total. The fourth-order valence-corrected chi connectivity index (χ4v) is 24.5. The first-order valence-electron chi connectivity index (χ1n) is 9.40. The van der Waals surface area contributed by atoms with Crippen LogP contribution in [0.2, 0.25) is 0 Å². The molecule has 1 heterocycles. The predicted octanol–water partition coefficient (Wildman–Crippen LogP) is 9.19. The third kappa shape index (κ3) is 5.18. The third-order valence-electron chi connectivity index (χ3n) is 4.60. The molecule has 1 N–H and O–H groups in total. The topological polar surface area (TPSA) is 61.5 Å². The second kappa shape index (κ2) is 9.75. The van der Waals surface area contributed by atoms with Crippen molar-refractivity contribution in [3.8, 4) is 0 Å². The van der Waals surface area contributed by atoms with Gasteiger partial charge >= 0.3 is 0 Å². The molecular formula is C19H19Cl4N5P4. The molecule has 0 amide bonds. The summed E-state index contributed by atoms with van der Waals surface area (Å²) < 4.78 is 18.7. The molecule has 0 unspecified atom stereocenters. The molecular weight excluding hydrogens is 564 g/mol. The predicted molar refractivity (Wildman–Crippen MR) is 148 cm³/mol. The van der Waals surface area contributed by atoms with Crippen LogP contribution in [0.4, 0.5) is 0 Å². The van der Waals surface area contributed by atoms with Gasteiger partial charge in [0.25, 0.3) is 12.6 Å². The van der Waals surface area contributed by atoms with Crippen molar-refractivity contribution in [2.24, 2.45) is 18.1 Å². The number of benzene rings is 3. The van der Waals surface area contributed by atoms with E-state index in [4.69, 9.17) is 49.5 Å². The Morgan fingerprint density at radius 2 is 1.06 bits per heavy atom. The molecule has 0 radical (unpaired) electrons. The lowest BCUT2D eigenvalue weighted by atomic mass is 10.4. The van der Waals surface area contributed by atoms with E-state index in [0.717, 1.165) is 15.9 Å². The van der Waals surface area contributed by atoms with Gasteiger partial charge in [-0.15, -0.1) is 0 Å². The second-order valence-corrected chi connectivity index (χ2v) is 21.9. The van der Waals surface area contributed by atoms with Crippen molar-refractivity contribution in [2.75, 3.05) is 7.05 Å². The Morgan fingerprint density at radius 1 is 0.656 bits per heavy atom. The number of nitrogens with zero attached hydrogens (tertiary/aromatic N) is 4. The lowest BCUT2D eigenvalue weighted by molar-refractivity contribution is 1.25. The summed E-state index contributed by atoms with van der Waals surface area (Å²) in [4.78, 5) is 0. The smallest absolute Gasteiger partial charge is 0.256 e. The maximum absolute atomic E-state index is 7.10. The first kappa shape index (κ1) is 24.8. The van der Waals surface area contributed by atoms with Crippen LogP contribution in [-0.2, 0) is 0 Å². The van der Waals surface area contributed by atoms with Crippen LogP contribution < -0.4 is 21.0 Å². The van der Waals surface area contributed by atoms with E-state index in [0.29, 0.717) is 0 Å². The van der Waals surface area contributed by atoms with Crippen LogP contribution in [-0.4, -0.2) is 7.05 Å². The molecule has 4 rings (SSSR count). The highest BCUT2D eigenvalue weighted by Gasteiger charge is 2.37. The maximum atomic E-state index is 7.10. The molecule has 0 saturated carbocycles. The summed E-state index contributed by atoms with van der Waals surface area (Å²) in [6.07, 6.45) is 0. The van der Waals surface area contributed by atoms with E-state index in [9.17, 15) is 0 Å². The minimum absolute atomic E-state index is 1.02. The molecule has 13 heteroatoms. The molecule has 0 fully saturated rings. The van der Waals surface area contributed by atoms with Gasteiger partial charge in [-0.25, -0.2) is 4.52 Å². The van der Waals surface area contributed by atoms with Crippen LogP contribution in [0.25, 0.3) is 0 Å². The Hall–Kier alpha value is -0.300. The number of halogens is 4. The zero-order chi connectivity index (χ0) is 22.9. The van der Waals surface area contributed by atoms with Crippen LogP contribution in [0.5, 0.6) is 0 Å². The molecule has 0 bridgehead atoms. The van der Waals surface area contributed by atoms with Crippen molar-refractivity contribution in [2.45, 2.75) is 0 Å². The van der Waals surface area contributed by atoms with E-state index in [1.165, 1.54) is 0 Å². The molecule has 0 spiro atoms. The highest BCUT2D eigenvalue weighted by atomic mass is 35.9. The van der Waals surface area contributed by atoms with Gasteiger partial charge in [0.1, 0.15) is 0 Å². The first-order chi connectivity index (χ1) is 15.2. The van der Waals surface area contributed by atoms with Gasteiger partial charge in [-0.2, -0.15) is 13.5 Å². The summed E-state index contributed by atoms with van der Waals surface area (Å²) in [6.45, 7) is -6.24. The van der Waals surface area contributed by atoms with E-state index in [2.05, 4.69) is 55.0 Å². The quantitative estimate of drug-likeness (QED) is 0.299. The molecule has 3 aromatic rings. The second-order valence-electron chi connectivity index (χ2n) is 6.70. The maximum Gasteiger partial charge on any atom is 0.282 e. The summed E-state index contributed by atoms with van der Waals surface area (Å²) >= 11 is 26.7. The van der Waals surface area contributed by atoms with Gasteiger partial charge in [-0.05, 0) is 52.0 Å². The highest BCUT2D eigenvalue weighted by Crippen LogP contribution is 2.85. The van der Waals surface area contributed by atoms with Crippen LogP contribution in [0, 0.1) is 0 Å². The lowest BCUT2D eigenvalue weighted by Crippen LogP contribution is -2.25. The summed E-state index contributed by atoms with van der Waals surface area (Å²) in [5, 5.41) is 5.98. The van der Waals surface area contributed by atoms with Crippen LogP contribution in [0.1, 0.15) is 0 Å². The van der Waals surface area contributed by atoms with Gasteiger partial charge in [0.2, 0.25) is 6.71 Å². The molecule has 168 valence electrons. The average Bonchev–Trinajstić information content (AvgIpc) is 2.78. The Morgan fingerprint density at radius 3 is 1.44 bits per heavy atom. The summed E-state index contributed by atoms with van der Waals surface area (Å²) in [7, 11) is -1.01.